The average molecular weight is 351 g/mol. The largest absolute Gasteiger partial charge is 0.477 e. The van der Waals surface area contributed by atoms with E-state index in [2.05, 4.69) is 26.6 Å². The summed E-state index contributed by atoms with van der Waals surface area (Å²) >= 11 is 3.27. The van der Waals surface area contributed by atoms with Crippen molar-refractivity contribution < 1.29 is 13.9 Å². The smallest absolute Gasteiger partial charge is 0.267 e. The first kappa shape index (κ1) is 13.9. The topological polar surface area (TPSA) is 50.4 Å². The summed E-state index contributed by atoms with van der Waals surface area (Å²) in [7, 11) is 0. The Hall–Kier alpha value is -2.08. The van der Waals surface area contributed by atoms with Crippen molar-refractivity contribution in [1.82, 2.24) is 0 Å². The maximum Gasteiger partial charge on any atom is 0.267 e. The van der Waals surface area contributed by atoms with Gasteiger partial charge in [-0.1, -0.05) is 12.1 Å². The van der Waals surface area contributed by atoms with Crippen LogP contribution in [0.4, 0.5) is 15.8 Å². The fraction of sp³-hybridized carbons (Fsp3) is 0.133. The minimum atomic E-state index is -0.671. The number of fused-ring (bicyclic) bond motifs is 1. The lowest BCUT2D eigenvalue weighted by Crippen LogP contribution is -2.41. The third-order valence-electron chi connectivity index (χ3n) is 3.11. The molecule has 0 saturated heterocycles. The van der Waals surface area contributed by atoms with Crippen LogP contribution in [0.1, 0.15) is 0 Å². The molecule has 1 heterocycles. The van der Waals surface area contributed by atoms with Gasteiger partial charge < -0.3 is 15.4 Å². The zero-order valence-corrected chi connectivity index (χ0v) is 12.5. The summed E-state index contributed by atoms with van der Waals surface area (Å²) in [6, 6.07) is 11.5. The van der Waals surface area contributed by atoms with E-state index in [4.69, 9.17) is 4.74 Å². The molecule has 4 nitrogen and oxygen atoms in total. The van der Waals surface area contributed by atoms with Gasteiger partial charge in [-0.15, -0.1) is 0 Å². The van der Waals surface area contributed by atoms with Crippen molar-refractivity contribution in [3.63, 3.8) is 0 Å². The Labute approximate surface area is 129 Å². The molecular weight excluding hydrogens is 339 g/mol. The van der Waals surface area contributed by atoms with Gasteiger partial charge in [-0.3, -0.25) is 4.79 Å². The van der Waals surface area contributed by atoms with Gasteiger partial charge in [0.15, 0.2) is 6.10 Å². The van der Waals surface area contributed by atoms with Crippen LogP contribution >= 0.6 is 15.9 Å². The van der Waals surface area contributed by atoms with E-state index in [1.54, 1.807) is 12.1 Å². The van der Waals surface area contributed by atoms with Crippen LogP contribution in [0.25, 0.3) is 0 Å². The van der Waals surface area contributed by atoms with Gasteiger partial charge in [-0.2, -0.15) is 0 Å². The number of benzene rings is 2. The summed E-state index contributed by atoms with van der Waals surface area (Å²) in [4.78, 5) is 12.2. The van der Waals surface area contributed by atoms with E-state index in [-0.39, 0.29) is 5.91 Å². The second kappa shape index (κ2) is 5.73. The van der Waals surface area contributed by atoms with Gasteiger partial charge in [-0.25, -0.2) is 4.39 Å². The Morgan fingerprint density at radius 3 is 3.00 bits per heavy atom. The molecule has 1 aliphatic rings. The molecule has 6 heteroatoms. The molecule has 108 valence electrons. The van der Waals surface area contributed by atoms with E-state index in [9.17, 15) is 9.18 Å². The van der Waals surface area contributed by atoms with E-state index >= 15 is 0 Å². The van der Waals surface area contributed by atoms with Crippen molar-refractivity contribution in [3.05, 3.63) is 52.8 Å². The van der Waals surface area contributed by atoms with Gasteiger partial charge in [0.1, 0.15) is 11.6 Å². The van der Waals surface area contributed by atoms with Crippen LogP contribution in [0.3, 0.4) is 0 Å². The standard InChI is InChI=1S/C15H12BrFN2O2/c16-10-6-5-9(17)7-12(10)19-15(20)14-8-18-11-3-1-2-4-13(11)21-14/h1-7,14,18H,8H2,(H,19,20). The maximum atomic E-state index is 13.2. The number of carbonyl (C=O) groups excluding carboxylic acids is 1. The molecule has 0 saturated carbocycles. The predicted molar refractivity (Wildman–Crippen MR) is 82.1 cm³/mol. The van der Waals surface area contributed by atoms with Crippen molar-refractivity contribution in [1.29, 1.82) is 0 Å². The molecule has 0 aliphatic carbocycles. The highest BCUT2D eigenvalue weighted by Crippen LogP contribution is 2.29. The molecule has 3 rings (SSSR count). The molecule has 21 heavy (non-hydrogen) atoms. The van der Waals surface area contributed by atoms with Crippen molar-refractivity contribution in [2.45, 2.75) is 6.10 Å². The third-order valence-corrected chi connectivity index (χ3v) is 3.80. The summed E-state index contributed by atoms with van der Waals surface area (Å²) in [6.07, 6.45) is -0.671. The number of amides is 1. The molecule has 2 aromatic rings. The van der Waals surface area contributed by atoms with Gasteiger partial charge in [0.05, 0.1) is 17.9 Å². The number of ether oxygens (including phenoxy) is 1. The Balaban J connectivity index is 1.74. The van der Waals surface area contributed by atoms with Crippen molar-refractivity contribution in [2.75, 3.05) is 17.2 Å². The molecule has 1 aliphatic heterocycles. The number of para-hydroxylation sites is 2. The van der Waals surface area contributed by atoms with E-state index in [1.807, 2.05) is 18.2 Å². The van der Waals surface area contributed by atoms with Crippen LogP contribution in [0.2, 0.25) is 0 Å². The molecule has 1 unspecified atom stereocenters. The number of carbonyl (C=O) groups is 1. The third kappa shape index (κ3) is 3.00. The normalized spacial score (nSPS) is 16.4. The van der Waals surface area contributed by atoms with E-state index in [1.165, 1.54) is 12.1 Å². The molecule has 0 aromatic heterocycles. The second-order valence-corrected chi connectivity index (χ2v) is 5.45. The van der Waals surface area contributed by atoms with Crippen LogP contribution in [0, 0.1) is 5.82 Å². The quantitative estimate of drug-likeness (QED) is 0.872. The van der Waals surface area contributed by atoms with E-state index in [0.29, 0.717) is 22.5 Å². The summed E-state index contributed by atoms with van der Waals surface area (Å²) in [5.41, 5.74) is 1.23. The minimum absolute atomic E-state index is 0.330. The molecule has 0 bridgehead atoms. The second-order valence-electron chi connectivity index (χ2n) is 4.60. The Kier molecular flexibility index (Phi) is 3.79. The number of anilines is 2. The fourth-order valence-corrected chi connectivity index (χ4v) is 2.41. The Morgan fingerprint density at radius 2 is 2.14 bits per heavy atom. The van der Waals surface area contributed by atoms with Crippen LogP contribution in [-0.4, -0.2) is 18.6 Å². The molecule has 0 radical (unpaired) electrons. The first-order chi connectivity index (χ1) is 10.1. The lowest BCUT2D eigenvalue weighted by Gasteiger charge is -2.26. The Morgan fingerprint density at radius 1 is 1.33 bits per heavy atom. The minimum Gasteiger partial charge on any atom is -0.477 e. The zero-order valence-electron chi connectivity index (χ0n) is 10.9. The molecule has 2 aromatic carbocycles. The predicted octanol–water partition coefficient (Wildman–Crippen LogP) is 3.40. The molecule has 2 N–H and O–H groups in total. The van der Waals surface area contributed by atoms with E-state index in [0.717, 1.165) is 5.69 Å². The van der Waals surface area contributed by atoms with Gasteiger partial charge in [0.2, 0.25) is 0 Å². The molecule has 0 spiro atoms. The highest BCUT2D eigenvalue weighted by atomic mass is 79.9. The van der Waals surface area contributed by atoms with Crippen molar-refractivity contribution in [2.24, 2.45) is 0 Å². The van der Waals surface area contributed by atoms with Crippen LogP contribution < -0.4 is 15.4 Å². The van der Waals surface area contributed by atoms with E-state index < -0.39 is 11.9 Å². The monoisotopic (exact) mass is 350 g/mol. The summed E-state index contributed by atoms with van der Waals surface area (Å²) in [6.45, 7) is 0.357. The number of rotatable bonds is 2. The Bertz CT molecular complexity index is 693. The van der Waals surface area contributed by atoms with Crippen molar-refractivity contribution >= 4 is 33.2 Å². The molecule has 0 fully saturated rings. The summed E-state index contributed by atoms with van der Waals surface area (Å²) in [5, 5.41) is 5.79. The van der Waals surface area contributed by atoms with Crippen LogP contribution in [-0.2, 0) is 4.79 Å². The van der Waals surface area contributed by atoms with Crippen LogP contribution in [0.15, 0.2) is 46.9 Å². The number of nitrogens with one attached hydrogen (secondary N) is 2. The van der Waals surface area contributed by atoms with Gasteiger partial charge >= 0.3 is 0 Å². The van der Waals surface area contributed by atoms with Crippen LogP contribution in [0.5, 0.6) is 5.75 Å². The van der Waals surface area contributed by atoms with Gasteiger partial charge in [0, 0.05) is 4.47 Å². The first-order valence-electron chi connectivity index (χ1n) is 6.39. The SMILES string of the molecule is O=C(Nc1cc(F)ccc1Br)C1CNc2ccccc2O1. The number of hydrogen-bond donors (Lipinski definition) is 2. The van der Waals surface area contributed by atoms with Gasteiger partial charge in [-0.05, 0) is 46.3 Å². The fourth-order valence-electron chi connectivity index (χ4n) is 2.07. The molecular formula is C15H12BrFN2O2. The maximum absolute atomic E-state index is 13.2. The first-order valence-corrected chi connectivity index (χ1v) is 7.18. The molecule has 1 amide bonds. The average Bonchev–Trinajstić information content (AvgIpc) is 2.50. The van der Waals surface area contributed by atoms with Crippen molar-refractivity contribution in [3.8, 4) is 5.75 Å². The lowest BCUT2D eigenvalue weighted by molar-refractivity contribution is -0.122. The highest BCUT2D eigenvalue weighted by molar-refractivity contribution is 9.10. The zero-order chi connectivity index (χ0) is 14.8. The summed E-state index contributed by atoms with van der Waals surface area (Å²) < 4.78 is 19.5. The summed E-state index contributed by atoms with van der Waals surface area (Å²) in [5.74, 6) is -0.118. The number of halogens is 2. The highest BCUT2D eigenvalue weighted by Gasteiger charge is 2.26. The number of hydrogen-bond acceptors (Lipinski definition) is 3. The molecule has 1 atom stereocenters. The van der Waals surface area contributed by atoms with Gasteiger partial charge in [0.25, 0.3) is 5.91 Å². The lowest BCUT2D eigenvalue weighted by atomic mass is 10.2.